The Kier molecular flexibility index (Phi) is 6.69. The summed E-state index contributed by atoms with van der Waals surface area (Å²) in [5, 5.41) is 0. The molecule has 0 saturated carbocycles. The molecule has 4 heteroatoms. The molecule has 0 saturated heterocycles. The fourth-order valence-corrected chi connectivity index (χ4v) is 3.19. The van der Waals surface area contributed by atoms with E-state index in [0.717, 1.165) is 12.8 Å². The Morgan fingerprint density at radius 2 is 0.767 bits per heavy atom. The van der Waals surface area contributed by atoms with Gasteiger partial charge >= 0.3 is 0 Å². The van der Waals surface area contributed by atoms with E-state index in [-0.39, 0.29) is 0 Å². The Morgan fingerprint density at radius 1 is 0.433 bits per heavy atom. The van der Waals surface area contributed by atoms with Crippen LogP contribution >= 0.6 is 0 Å². The molecule has 4 nitrogen and oxygen atoms in total. The molecule has 0 atom stereocenters. The highest BCUT2D eigenvalue weighted by atomic mass is 16.7. The third-order valence-electron chi connectivity index (χ3n) is 4.84. The van der Waals surface area contributed by atoms with Gasteiger partial charge in [-0.3, -0.25) is 9.68 Å². The molecule has 0 N–H and O–H groups in total. The predicted molar refractivity (Wildman–Crippen MR) is 116 cm³/mol. The van der Waals surface area contributed by atoms with E-state index in [0.29, 0.717) is 13.2 Å². The van der Waals surface area contributed by atoms with Crippen LogP contribution in [0.3, 0.4) is 0 Å². The van der Waals surface area contributed by atoms with Gasteiger partial charge in [-0.2, -0.15) is 0 Å². The van der Waals surface area contributed by atoms with Crippen molar-refractivity contribution in [1.29, 1.82) is 0 Å². The molecule has 0 radical (unpaired) electrons. The molecule has 0 spiro atoms. The summed E-state index contributed by atoms with van der Waals surface area (Å²) in [4.78, 5) is 11.5. The van der Waals surface area contributed by atoms with Crippen molar-refractivity contribution in [3.8, 4) is 22.3 Å². The largest absolute Gasteiger partial charge is 0.271 e. The topological polar surface area (TPSA) is 26.2 Å². The minimum absolute atomic E-state index is 0.649. The standard InChI is InChI=1S/C26H26N2O2/c1-3-9-23(10-4-1)25-13-17-27(18-14-25)29-21-7-8-22-30-28-19-15-26(16-20-28)24-11-5-2-6-12-24/h1-6,9-20H,7-8,21-22H2/q+2. The Morgan fingerprint density at radius 3 is 1.13 bits per heavy atom. The molecule has 0 aliphatic heterocycles. The highest BCUT2D eigenvalue weighted by Crippen LogP contribution is 2.17. The zero-order valence-corrected chi connectivity index (χ0v) is 16.9. The zero-order chi connectivity index (χ0) is 20.4. The SMILES string of the molecule is c1ccc(-c2cc[n+](OCCCCO[n+]3ccc(-c4ccccc4)cc3)cc2)cc1. The maximum absolute atomic E-state index is 5.77. The number of hydrogen-bond donors (Lipinski definition) is 0. The summed E-state index contributed by atoms with van der Waals surface area (Å²) < 4.78 is 3.51. The summed E-state index contributed by atoms with van der Waals surface area (Å²) in [5.74, 6) is 0. The third kappa shape index (κ3) is 5.45. The van der Waals surface area contributed by atoms with Crippen molar-refractivity contribution < 1.29 is 19.1 Å². The molecule has 2 aromatic heterocycles. The molecule has 30 heavy (non-hydrogen) atoms. The molecule has 150 valence electrons. The maximum Gasteiger partial charge on any atom is 0.223 e. The first-order valence-electron chi connectivity index (χ1n) is 10.3. The van der Waals surface area contributed by atoms with Gasteiger partial charge in [-0.1, -0.05) is 60.7 Å². The van der Waals surface area contributed by atoms with Crippen LogP contribution in [0.2, 0.25) is 0 Å². The molecule has 0 fully saturated rings. The quantitative estimate of drug-likeness (QED) is 0.315. The lowest BCUT2D eigenvalue weighted by Crippen LogP contribution is -2.43. The molecular formula is C26H26N2O2+2. The fourth-order valence-electron chi connectivity index (χ4n) is 3.19. The Labute approximate surface area is 177 Å². The van der Waals surface area contributed by atoms with Gasteiger partial charge in [0.25, 0.3) is 0 Å². The van der Waals surface area contributed by atoms with Crippen molar-refractivity contribution in [2.45, 2.75) is 12.8 Å². The van der Waals surface area contributed by atoms with E-state index in [1.165, 1.54) is 22.3 Å². The molecule has 2 aromatic carbocycles. The molecule has 2 heterocycles. The number of hydrogen-bond acceptors (Lipinski definition) is 2. The first kappa shape index (κ1) is 19.6. The average molecular weight is 399 g/mol. The van der Waals surface area contributed by atoms with E-state index >= 15 is 0 Å². The van der Waals surface area contributed by atoms with Gasteiger partial charge in [-0.25, -0.2) is 0 Å². The van der Waals surface area contributed by atoms with Crippen molar-refractivity contribution >= 4 is 0 Å². The van der Waals surface area contributed by atoms with Crippen LogP contribution in [-0.4, -0.2) is 13.2 Å². The second-order valence-electron chi connectivity index (χ2n) is 7.00. The van der Waals surface area contributed by atoms with Crippen LogP contribution in [0.15, 0.2) is 110 Å². The van der Waals surface area contributed by atoms with Crippen LogP contribution in [0, 0.1) is 0 Å². The minimum atomic E-state index is 0.649. The van der Waals surface area contributed by atoms with Crippen molar-refractivity contribution in [2.75, 3.05) is 13.2 Å². The summed E-state index contributed by atoms with van der Waals surface area (Å²) in [6, 6.07) is 28.9. The molecule has 0 aliphatic rings. The molecule has 0 bridgehead atoms. The second kappa shape index (κ2) is 10.2. The van der Waals surface area contributed by atoms with Gasteiger partial charge in [0.1, 0.15) is 0 Å². The molecule has 0 amide bonds. The fraction of sp³-hybridized carbons (Fsp3) is 0.154. The van der Waals surface area contributed by atoms with Crippen LogP contribution in [-0.2, 0) is 0 Å². The predicted octanol–water partition coefficient (Wildman–Crippen LogP) is 3.93. The summed E-state index contributed by atoms with van der Waals surface area (Å²) in [5.41, 5.74) is 4.77. The molecule has 0 aliphatic carbocycles. The summed E-state index contributed by atoms with van der Waals surface area (Å²) in [6.07, 6.45) is 9.64. The first-order valence-corrected chi connectivity index (χ1v) is 10.3. The molecule has 4 aromatic rings. The normalized spacial score (nSPS) is 10.5. The lowest BCUT2D eigenvalue weighted by atomic mass is 10.1. The number of benzene rings is 2. The Balaban J connectivity index is 1.15. The van der Waals surface area contributed by atoms with E-state index < -0.39 is 0 Å². The van der Waals surface area contributed by atoms with Gasteiger partial charge in [0.15, 0.2) is 13.2 Å². The lowest BCUT2D eigenvalue weighted by Gasteiger charge is -2.02. The number of nitrogens with zero attached hydrogens (tertiary/aromatic N) is 2. The van der Waals surface area contributed by atoms with E-state index in [2.05, 4.69) is 48.5 Å². The Hall–Kier alpha value is -3.66. The molecular weight excluding hydrogens is 372 g/mol. The second-order valence-corrected chi connectivity index (χ2v) is 7.00. The number of rotatable bonds is 9. The Bertz CT molecular complexity index is 931. The number of pyridine rings is 2. The van der Waals surface area contributed by atoms with Crippen LogP contribution in [0.25, 0.3) is 22.3 Å². The van der Waals surface area contributed by atoms with Crippen LogP contribution in [0.4, 0.5) is 0 Å². The zero-order valence-electron chi connectivity index (χ0n) is 16.9. The highest BCUT2D eigenvalue weighted by Gasteiger charge is 2.06. The molecule has 4 rings (SSSR count). The van der Waals surface area contributed by atoms with E-state index in [9.17, 15) is 0 Å². The van der Waals surface area contributed by atoms with Gasteiger partial charge < -0.3 is 0 Å². The maximum atomic E-state index is 5.77. The van der Waals surface area contributed by atoms with E-state index in [1.54, 1.807) is 9.46 Å². The number of unbranched alkanes of at least 4 members (excludes halogenated alkanes) is 1. The van der Waals surface area contributed by atoms with Gasteiger partial charge in [-0.05, 0) is 35.1 Å². The van der Waals surface area contributed by atoms with Crippen molar-refractivity contribution in [3.05, 3.63) is 110 Å². The average Bonchev–Trinajstić information content (AvgIpc) is 2.83. The van der Waals surface area contributed by atoms with E-state index in [4.69, 9.17) is 9.68 Å². The lowest BCUT2D eigenvalue weighted by molar-refractivity contribution is -0.893. The molecule has 0 unspecified atom stereocenters. The van der Waals surface area contributed by atoms with Crippen LogP contribution in [0.5, 0.6) is 0 Å². The van der Waals surface area contributed by atoms with Gasteiger partial charge in [-0.15, -0.1) is 0 Å². The number of aromatic nitrogens is 2. The van der Waals surface area contributed by atoms with E-state index in [1.807, 2.05) is 61.2 Å². The van der Waals surface area contributed by atoms with Gasteiger partial charge in [0.2, 0.25) is 24.8 Å². The van der Waals surface area contributed by atoms with Crippen molar-refractivity contribution in [1.82, 2.24) is 0 Å². The van der Waals surface area contributed by atoms with Crippen molar-refractivity contribution in [2.24, 2.45) is 0 Å². The summed E-state index contributed by atoms with van der Waals surface area (Å²) in [6.45, 7) is 1.30. The van der Waals surface area contributed by atoms with Crippen LogP contribution < -0.4 is 19.1 Å². The van der Waals surface area contributed by atoms with Crippen LogP contribution in [0.1, 0.15) is 12.8 Å². The van der Waals surface area contributed by atoms with Crippen molar-refractivity contribution in [3.63, 3.8) is 0 Å². The highest BCUT2D eigenvalue weighted by molar-refractivity contribution is 5.62. The minimum Gasteiger partial charge on any atom is -0.271 e. The third-order valence-corrected chi connectivity index (χ3v) is 4.84. The smallest absolute Gasteiger partial charge is 0.223 e. The summed E-state index contributed by atoms with van der Waals surface area (Å²) >= 11 is 0. The van der Waals surface area contributed by atoms with Gasteiger partial charge in [0.05, 0.1) is 0 Å². The van der Waals surface area contributed by atoms with Gasteiger partial charge in [0, 0.05) is 33.7 Å². The monoisotopic (exact) mass is 398 g/mol. The summed E-state index contributed by atoms with van der Waals surface area (Å²) in [7, 11) is 0. The first-order chi connectivity index (χ1) is 14.9.